The highest BCUT2D eigenvalue weighted by Gasteiger charge is 2.23. The third-order valence-electron chi connectivity index (χ3n) is 3.56. The summed E-state index contributed by atoms with van der Waals surface area (Å²) in [7, 11) is 0. The van der Waals surface area contributed by atoms with Crippen LogP contribution in [-0.2, 0) is 0 Å². The first-order chi connectivity index (χ1) is 7.18. The lowest BCUT2D eigenvalue weighted by Gasteiger charge is -2.37. The molecule has 1 aromatic carbocycles. The van der Waals surface area contributed by atoms with Crippen LogP contribution < -0.4 is 4.90 Å². The van der Waals surface area contributed by atoms with Crippen molar-refractivity contribution in [3.8, 4) is 5.75 Å². The summed E-state index contributed by atoms with van der Waals surface area (Å²) in [6.07, 6.45) is 1.22. The fourth-order valence-electron chi connectivity index (χ4n) is 2.21. The van der Waals surface area contributed by atoms with Crippen LogP contribution in [-0.4, -0.2) is 18.2 Å². The van der Waals surface area contributed by atoms with Gasteiger partial charge in [-0.2, -0.15) is 0 Å². The summed E-state index contributed by atoms with van der Waals surface area (Å²) in [4.78, 5) is 2.29. The van der Waals surface area contributed by atoms with E-state index in [1.165, 1.54) is 6.42 Å². The highest BCUT2D eigenvalue weighted by molar-refractivity contribution is 5.57. The molecule has 1 aliphatic heterocycles. The van der Waals surface area contributed by atoms with Gasteiger partial charge in [0.25, 0.3) is 0 Å². The van der Waals surface area contributed by atoms with E-state index in [1.807, 2.05) is 18.2 Å². The second-order valence-electron chi connectivity index (χ2n) is 4.68. The monoisotopic (exact) mass is 205 g/mol. The second kappa shape index (κ2) is 4.13. The molecule has 1 saturated heterocycles. The zero-order valence-corrected chi connectivity index (χ0v) is 9.48. The lowest BCUT2D eigenvalue weighted by Crippen LogP contribution is -2.38. The van der Waals surface area contributed by atoms with E-state index in [1.54, 1.807) is 6.07 Å². The minimum Gasteiger partial charge on any atom is -0.506 e. The van der Waals surface area contributed by atoms with E-state index in [0.717, 1.165) is 24.7 Å². The fourth-order valence-corrected chi connectivity index (χ4v) is 2.21. The van der Waals surface area contributed by atoms with Crippen molar-refractivity contribution in [1.82, 2.24) is 0 Å². The zero-order chi connectivity index (χ0) is 10.8. The number of nitrogens with zero attached hydrogens (tertiary/aromatic N) is 1. The van der Waals surface area contributed by atoms with Crippen LogP contribution in [0.1, 0.15) is 20.3 Å². The van der Waals surface area contributed by atoms with E-state index in [2.05, 4.69) is 18.7 Å². The number of hydrogen-bond donors (Lipinski definition) is 1. The molecule has 2 nitrogen and oxygen atoms in total. The summed E-state index contributed by atoms with van der Waals surface area (Å²) in [5, 5.41) is 9.77. The van der Waals surface area contributed by atoms with Gasteiger partial charge in [0.05, 0.1) is 5.69 Å². The van der Waals surface area contributed by atoms with Crippen LogP contribution in [0.25, 0.3) is 0 Å². The van der Waals surface area contributed by atoms with Gasteiger partial charge in [-0.1, -0.05) is 26.0 Å². The van der Waals surface area contributed by atoms with Crippen molar-refractivity contribution in [2.24, 2.45) is 11.8 Å². The number of para-hydroxylation sites is 2. The Morgan fingerprint density at radius 2 is 1.93 bits per heavy atom. The average Bonchev–Trinajstić information content (AvgIpc) is 2.23. The summed E-state index contributed by atoms with van der Waals surface area (Å²) in [6.45, 7) is 6.71. The molecule has 0 aliphatic carbocycles. The van der Waals surface area contributed by atoms with Crippen LogP contribution in [0.3, 0.4) is 0 Å². The van der Waals surface area contributed by atoms with E-state index < -0.39 is 0 Å². The summed E-state index contributed by atoms with van der Waals surface area (Å²) >= 11 is 0. The van der Waals surface area contributed by atoms with Gasteiger partial charge in [-0.15, -0.1) is 0 Å². The Bertz CT molecular complexity index is 337. The van der Waals surface area contributed by atoms with Gasteiger partial charge < -0.3 is 10.0 Å². The topological polar surface area (TPSA) is 23.5 Å². The number of benzene rings is 1. The SMILES string of the molecule is CC1CCN(c2ccccc2O)CC1C. The van der Waals surface area contributed by atoms with Crippen molar-refractivity contribution in [1.29, 1.82) is 0 Å². The van der Waals surface area contributed by atoms with Gasteiger partial charge in [-0.25, -0.2) is 0 Å². The summed E-state index contributed by atoms with van der Waals surface area (Å²) in [5.41, 5.74) is 0.983. The molecule has 0 saturated carbocycles. The molecule has 1 aliphatic rings. The van der Waals surface area contributed by atoms with Gasteiger partial charge in [0.1, 0.15) is 5.75 Å². The zero-order valence-electron chi connectivity index (χ0n) is 9.48. The molecule has 2 atom stereocenters. The first kappa shape index (κ1) is 10.3. The van der Waals surface area contributed by atoms with Crippen molar-refractivity contribution >= 4 is 5.69 Å². The minimum absolute atomic E-state index is 0.402. The quantitative estimate of drug-likeness (QED) is 0.762. The van der Waals surface area contributed by atoms with E-state index in [0.29, 0.717) is 11.7 Å². The molecule has 0 radical (unpaired) electrons. The van der Waals surface area contributed by atoms with Crippen molar-refractivity contribution < 1.29 is 5.11 Å². The highest BCUT2D eigenvalue weighted by atomic mass is 16.3. The second-order valence-corrected chi connectivity index (χ2v) is 4.68. The van der Waals surface area contributed by atoms with Crippen LogP contribution in [0.4, 0.5) is 5.69 Å². The summed E-state index contributed by atoms with van der Waals surface area (Å²) in [6, 6.07) is 7.61. The minimum atomic E-state index is 0.402. The third kappa shape index (κ3) is 2.09. The largest absolute Gasteiger partial charge is 0.506 e. The van der Waals surface area contributed by atoms with E-state index >= 15 is 0 Å². The Labute approximate surface area is 91.5 Å². The molecule has 0 spiro atoms. The van der Waals surface area contributed by atoms with Crippen molar-refractivity contribution in [2.75, 3.05) is 18.0 Å². The lowest BCUT2D eigenvalue weighted by molar-refractivity contribution is 0.322. The smallest absolute Gasteiger partial charge is 0.138 e. The fraction of sp³-hybridized carbons (Fsp3) is 0.538. The number of phenols is 1. The first-order valence-corrected chi connectivity index (χ1v) is 5.71. The molecule has 0 aromatic heterocycles. The number of hydrogen-bond acceptors (Lipinski definition) is 2. The number of aromatic hydroxyl groups is 1. The maximum absolute atomic E-state index is 9.77. The molecule has 1 aromatic rings. The number of rotatable bonds is 1. The molecule has 2 heteroatoms. The third-order valence-corrected chi connectivity index (χ3v) is 3.56. The molecule has 1 heterocycles. The maximum Gasteiger partial charge on any atom is 0.138 e. The number of anilines is 1. The first-order valence-electron chi connectivity index (χ1n) is 5.71. The van der Waals surface area contributed by atoms with E-state index in [4.69, 9.17) is 0 Å². The molecule has 1 fully saturated rings. The van der Waals surface area contributed by atoms with Crippen LogP contribution >= 0.6 is 0 Å². The Kier molecular flexibility index (Phi) is 2.85. The van der Waals surface area contributed by atoms with Crippen molar-refractivity contribution in [3.05, 3.63) is 24.3 Å². The Balaban J connectivity index is 2.15. The van der Waals surface area contributed by atoms with Gasteiger partial charge in [-0.05, 0) is 30.4 Å². The Morgan fingerprint density at radius 1 is 1.20 bits per heavy atom. The van der Waals surface area contributed by atoms with Gasteiger partial charge in [0, 0.05) is 13.1 Å². The highest BCUT2D eigenvalue weighted by Crippen LogP contribution is 2.32. The van der Waals surface area contributed by atoms with E-state index in [-0.39, 0.29) is 0 Å². The maximum atomic E-state index is 9.77. The Hall–Kier alpha value is -1.18. The van der Waals surface area contributed by atoms with Crippen molar-refractivity contribution in [3.63, 3.8) is 0 Å². The van der Waals surface area contributed by atoms with Gasteiger partial charge in [0.2, 0.25) is 0 Å². The van der Waals surface area contributed by atoms with Crippen LogP contribution in [0, 0.1) is 11.8 Å². The lowest BCUT2D eigenvalue weighted by atomic mass is 9.88. The molecule has 15 heavy (non-hydrogen) atoms. The molecular weight excluding hydrogens is 186 g/mol. The van der Waals surface area contributed by atoms with Crippen LogP contribution in [0.5, 0.6) is 5.75 Å². The van der Waals surface area contributed by atoms with Gasteiger partial charge in [-0.3, -0.25) is 0 Å². The normalized spacial score (nSPS) is 26.7. The molecule has 82 valence electrons. The average molecular weight is 205 g/mol. The Morgan fingerprint density at radius 3 is 2.60 bits per heavy atom. The van der Waals surface area contributed by atoms with E-state index in [9.17, 15) is 5.11 Å². The molecule has 1 N–H and O–H groups in total. The van der Waals surface area contributed by atoms with Gasteiger partial charge >= 0.3 is 0 Å². The predicted octanol–water partition coefficient (Wildman–Crippen LogP) is 2.87. The molecule has 2 unspecified atom stereocenters. The standard InChI is InChI=1S/C13H19NO/c1-10-7-8-14(9-11(10)2)12-5-3-4-6-13(12)15/h3-6,10-11,15H,7-9H2,1-2H3. The molecule has 0 amide bonds. The molecule has 2 rings (SSSR count). The van der Waals surface area contributed by atoms with Gasteiger partial charge in [0.15, 0.2) is 0 Å². The summed E-state index contributed by atoms with van der Waals surface area (Å²) < 4.78 is 0. The molecule has 0 bridgehead atoms. The van der Waals surface area contributed by atoms with Crippen LogP contribution in [0.2, 0.25) is 0 Å². The van der Waals surface area contributed by atoms with Crippen molar-refractivity contribution in [2.45, 2.75) is 20.3 Å². The molecular formula is C13H19NO. The predicted molar refractivity (Wildman–Crippen MR) is 63.3 cm³/mol. The summed E-state index contributed by atoms with van der Waals surface area (Å²) in [5.74, 6) is 1.91. The number of piperidine rings is 1. The van der Waals surface area contributed by atoms with Crippen LogP contribution in [0.15, 0.2) is 24.3 Å². The number of phenolic OH excluding ortho intramolecular Hbond substituents is 1.